The van der Waals surface area contributed by atoms with Gasteiger partial charge in [0.05, 0.1) is 6.61 Å². The molecule has 1 fully saturated rings. The predicted molar refractivity (Wildman–Crippen MR) is 267 cm³/mol. The molecule has 6 N–H and O–H groups in total. The molecule has 0 aromatic heterocycles. The Hall–Kier alpha value is -1.93. The van der Waals surface area contributed by atoms with Crippen LogP contribution in [-0.2, 0) is 32.7 Å². The van der Waals surface area contributed by atoms with Crippen LogP contribution in [0.25, 0.3) is 0 Å². The van der Waals surface area contributed by atoms with Gasteiger partial charge in [0, 0.05) is 12.8 Å². The molecule has 0 saturated heterocycles. The molecule has 0 spiro atoms. The number of carbonyl (C=O) groups excluding carboxylic acids is 2. The largest absolute Gasteiger partial charge is 0.472 e. The molecule has 0 radical (unpaired) electrons. The number of ether oxygens (including phenoxy) is 2. The molecule has 13 nitrogen and oxygen atoms in total. The lowest BCUT2D eigenvalue weighted by Crippen LogP contribution is -2.64. The van der Waals surface area contributed by atoms with Gasteiger partial charge in [-0.1, -0.05) is 185 Å². The molecule has 1 aliphatic rings. The number of allylic oxidation sites excluding steroid dienone is 6. The van der Waals surface area contributed by atoms with E-state index in [4.69, 9.17) is 18.5 Å². The second-order valence-corrected chi connectivity index (χ2v) is 20.1. The van der Waals surface area contributed by atoms with E-state index < -0.39 is 75.7 Å². The van der Waals surface area contributed by atoms with Crippen LogP contribution in [0.3, 0.4) is 0 Å². The van der Waals surface area contributed by atoms with E-state index in [2.05, 4.69) is 50.3 Å². The minimum Gasteiger partial charge on any atom is -0.462 e. The van der Waals surface area contributed by atoms with E-state index in [1.54, 1.807) is 0 Å². The third-order valence-electron chi connectivity index (χ3n) is 12.5. The monoisotopic (exact) mass is 973 g/mol. The van der Waals surface area contributed by atoms with Crippen LogP contribution in [-0.4, -0.2) is 98.3 Å². The summed E-state index contributed by atoms with van der Waals surface area (Å²) in [6.07, 6.45) is 37.5. The zero-order valence-corrected chi connectivity index (χ0v) is 42.8. The van der Waals surface area contributed by atoms with Crippen LogP contribution in [0.2, 0.25) is 0 Å². The first-order chi connectivity index (χ1) is 32.4. The first-order valence-electron chi connectivity index (χ1n) is 26.8. The minimum atomic E-state index is -5.12. The lowest BCUT2D eigenvalue weighted by molar-refractivity contribution is -0.220. The van der Waals surface area contributed by atoms with E-state index in [0.29, 0.717) is 12.8 Å². The second kappa shape index (κ2) is 42.9. The number of carbonyl (C=O) groups is 2. The number of phosphoric acid groups is 1. The third-order valence-corrected chi connectivity index (χ3v) is 13.4. The Bertz CT molecular complexity index is 1310. The summed E-state index contributed by atoms with van der Waals surface area (Å²) in [5.74, 6) is -1.10. The standard InChI is InChI=1S/C53H97O13P/c1-3-5-7-9-11-13-15-17-19-21-23-25-27-29-31-33-35-37-39-41-46(54)63-43-45(44-64-67(61,62)66-53-51(59)49(57)48(56)50(58)52(53)60)65-47(55)42-40-38-36-34-32-30-28-26-24-22-20-18-16-14-12-10-8-6-4-2/h12,14,17-20,45,48-53,56-60H,3-11,13,15-16,21-44H2,1-2H3,(H,61,62)/b14-12-,19-17-,20-18-. The summed E-state index contributed by atoms with van der Waals surface area (Å²) < 4.78 is 33.7. The molecule has 0 aliphatic heterocycles. The summed E-state index contributed by atoms with van der Waals surface area (Å²) in [4.78, 5) is 35.9. The van der Waals surface area contributed by atoms with Crippen LogP contribution in [0, 0.1) is 0 Å². The molecule has 67 heavy (non-hydrogen) atoms. The Morgan fingerprint density at radius 2 is 0.806 bits per heavy atom. The van der Waals surface area contributed by atoms with Crippen molar-refractivity contribution in [3.8, 4) is 0 Å². The normalized spacial score (nSPS) is 21.4. The average molecular weight is 973 g/mol. The molecule has 0 amide bonds. The van der Waals surface area contributed by atoms with Gasteiger partial charge in [-0.3, -0.25) is 18.6 Å². The molecule has 1 saturated carbocycles. The van der Waals surface area contributed by atoms with Crippen molar-refractivity contribution in [2.45, 2.75) is 275 Å². The Balaban J connectivity index is 2.38. The van der Waals surface area contributed by atoms with Crippen molar-refractivity contribution < 1.29 is 63.1 Å². The highest BCUT2D eigenvalue weighted by Crippen LogP contribution is 2.47. The van der Waals surface area contributed by atoms with E-state index in [0.717, 1.165) is 64.2 Å². The first kappa shape index (κ1) is 63.1. The first-order valence-corrected chi connectivity index (χ1v) is 28.3. The third kappa shape index (κ3) is 34.9. The average Bonchev–Trinajstić information content (AvgIpc) is 3.31. The highest BCUT2D eigenvalue weighted by atomic mass is 31.2. The number of unbranched alkanes of at least 4 members (excludes halogenated alkanes) is 27. The molecule has 1 aliphatic carbocycles. The SMILES string of the molecule is CCCCC/C=C\C/C=C\CCCCCCCCCCCC(=O)OC(COC(=O)CCCCCCCCCCC/C=C\CCCCCCCC)COP(=O)(O)OC1C(O)C(O)C(O)C(O)C1O. The van der Waals surface area contributed by atoms with Crippen molar-refractivity contribution in [3.63, 3.8) is 0 Å². The molecule has 0 bridgehead atoms. The number of aliphatic hydroxyl groups is 5. The number of hydrogen-bond donors (Lipinski definition) is 6. The minimum absolute atomic E-state index is 0.0924. The molecular formula is C53H97O13P. The highest BCUT2D eigenvalue weighted by Gasteiger charge is 2.51. The zero-order valence-electron chi connectivity index (χ0n) is 41.9. The van der Waals surface area contributed by atoms with Gasteiger partial charge >= 0.3 is 19.8 Å². The maximum atomic E-state index is 12.9. The fourth-order valence-corrected chi connectivity index (χ4v) is 9.11. The Labute approximate surface area is 406 Å². The van der Waals surface area contributed by atoms with Gasteiger partial charge in [0.1, 0.15) is 43.2 Å². The van der Waals surface area contributed by atoms with Crippen LogP contribution in [0.15, 0.2) is 36.5 Å². The van der Waals surface area contributed by atoms with Crippen molar-refractivity contribution in [3.05, 3.63) is 36.5 Å². The number of hydrogen-bond acceptors (Lipinski definition) is 12. The molecule has 1 rings (SSSR count). The fourth-order valence-electron chi connectivity index (χ4n) is 8.14. The summed E-state index contributed by atoms with van der Waals surface area (Å²) in [7, 11) is -5.12. The second-order valence-electron chi connectivity index (χ2n) is 18.7. The quantitative estimate of drug-likeness (QED) is 0.0145. The van der Waals surface area contributed by atoms with Gasteiger partial charge in [-0.2, -0.15) is 0 Å². The molecule has 392 valence electrons. The zero-order chi connectivity index (χ0) is 49.2. The highest BCUT2D eigenvalue weighted by molar-refractivity contribution is 7.47. The lowest BCUT2D eigenvalue weighted by Gasteiger charge is -2.41. The molecule has 14 heteroatoms. The van der Waals surface area contributed by atoms with Gasteiger partial charge < -0.3 is 39.9 Å². The Kier molecular flexibility index (Phi) is 40.4. The van der Waals surface area contributed by atoms with Crippen LogP contribution < -0.4 is 0 Å². The van der Waals surface area contributed by atoms with Crippen LogP contribution in [0.4, 0.5) is 0 Å². The van der Waals surface area contributed by atoms with Crippen molar-refractivity contribution in [2.24, 2.45) is 0 Å². The summed E-state index contributed by atoms with van der Waals surface area (Å²) >= 11 is 0. The molecule has 6 atom stereocenters. The molecule has 0 aromatic carbocycles. The topological polar surface area (TPSA) is 210 Å². The summed E-state index contributed by atoms with van der Waals surface area (Å²) in [6.45, 7) is 3.30. The maximum absolute atomic E-state index is 12.9. The number of aliphatic hydroxyl groups excluding tert-OH is 5. The van der Waals surface area contributed by atoms with Crippen LogP contribution in [0.1, 0.15) is 232 Å². The fraction of sp³-hybridized carbons (Fsp3) is 0.849. The predicted octanol–water partition coefficient (Wildman–Crippen LogP) is 11.7. The van der Waals surface area contributed by atoms with Gasteiger partial charge in [0.2, 0.25) is 0 Å². The molecule has 0 heterocycles. The number of rotatable bonds is 45. The van der Waals surface area contributed by atoms with E-state index in [-0.39, 0.29) is 12.8 Å². The smallest absolute Gasteiger partial charge is 0.462 e. The Morgan fingerprint density at radius 3 is 1.25 bits per heavy atom. The van der Waals surface area contributed by atoms with Gasteiger partial charge in [-0.15, -0.1) is 0 Å². The van der Waals surface area contributed by atoms with Crippen LogP contribution >= 0.6 is 7.82 Å². The number of esters is 2. The molecular weight excluding hydrogens is 876 g/mol. The summed E-state index contributed by atoms with van der Waals surface area (Å²) in [5.41, 5.74) is 0. The van der Waals surface area contributed by atoms with Gasteiger partial charge in [-0.25, -0.2) is 4.57 Å². The maximum Gasteiger partial charge on any atom is 0.472 e. The van der Waals surface area contributed by atoms with Crippen LogP contribution in [0.5, 0.6) is 0 Å². The van der Waals surface area contributed by atoms with Crippen molar-refractivity contribution in [1.29, 1.82) is 0 Å². The summed E-state index contributed by atoms with van der Waals surface area (Å²) in [6, 6.07) is 0. The Morgan fingerprint density at radius 1 is 0.463 bits per heavy atom. The van der Waals surface area contributed by atoms with E-state index in [9.17, 15) is 44.6 Å². The van der Waals surface area contributed by atoms with Gasteiger partial charge in [0.25, 0.3) is 0 Å². The van der Waals surface area contributed by atoms with Gasteiger partial charge in [-0.05, 0) is 70.6 Å². The lowest BCUT2D eigenvalue weighted by atomic mass is 9.85. The molecule has 0 aromatic rings. The van der Waals surface area contributed by atoms with Crippen molar-refractivity contribution in [2.75, 3.05) is 13.2 Å². The summed E-state index contributed by atoms with van der Waals surface area (Å²) in [5, 5.41) is 50.3. The van der Waals surface area contributed by atoms with E-state index in [1.807, 2.05) is 0 Å². The van der Waals surface area contributed by atoms with Gasteiger partial charge in [0.15, 0.2) is 6.10 Å². The number of phosphoric ester groups is 1. The van der Waals surface area contributed by atoms with E-state index in [1.165, 1.54) is 128 Å². The van der Waals surface area contributed by atoms with Crippen molar-refractivity contribution in [1.82, 2.24) is 0 Å². The molecule has 6 unspecified atom stereocenters. The van der Waals surface area contributed by atoms with Crippen molar-refractivity contribution >= 4 is 19.8 Å². The van der Waals surface area contributed by atoms with E-state index >= 15 is 0 Å².